The van der Waals surface area contributed by atoms with Crippen molar-refractivity contribution in [3.8, 4) is 11.5 Å². The number of carbonyl (C=O) groups is 1. The number of hydrogen-bond donors (Lipinski definition) is 1. The first-order valence-electron chi connectivity index (χ1n) is 12.8. The Balaban J connectivity index is 1.13. The van der Waals surface area contributed by atoms with Gasteiger partial charge in [-0.05, 0) is 35.4 Å². The number of carboxylic acid groups (broad SMARTS) is 1. The third-order valence-electron chi connectivity index (χ3n) is 7.44. The molecule has 2 unspecified atom stereocenters. The van der Waals surface area contributed by atoms with Gasteiger partial charge in [0.05, 0.1) is 6.42 Å². The summed E-state index contributed by atoms with van der Waals surface area (Å²) in [6, 6.07) is 13.8. The third-order valence-corrected chi connectivity index (χ3v) is 7.44. The summed E-state index contributed by atoms with van der Waals surface area (Å²) >= 11 is 0. The van der Waals surface area contributed by atoms with E-state index in [-0.39, 0.29) is 17.5 Å². The number of hydrogen-bond acceptors (Lipinski definition) is 9. The van der Waals surface area contributed by atoms with Gasteiger partial charge in [0.1, 0.15) is 22.9 Å². The smallest absolute Gasteiger partial charge is 0.487 e. The van der Waals surface area contributed by atoms with Gasteiger partial charge >= 0.3 is 12.3 Å². The number of piperidine rings is 1. The highest BCUT2D eigenvalue weighted by Crippen LogP contribution is 2.48. The molecule has 0 amide bonds. The van der Waals surface area contributed by atoms with Gasteiger partial charge in [-0.2, -0.15) is 4.80 Å². The number of ether oxygens (including phenoxy) is 2. The van der Waals surface area contributed by atoms with Crippen LogP contribution in [0.25, 0.3) is 0 Å². The van der Waals surface area contributed by atoms with Gasteiger partial charge in [0.2, 0.25) is 5.82 Å². The summed E-state index contributed by atoms with van der Waals surface area (Å²) in [6.07, 6.45) is -2.74. The Morgan fingerprint density at radius 1 is 1.12 bits per heavy atom. The molecule has 11 nitrogen and oxygen atoms in total. The van der Waals surface area contributed by atoms with Gasteiger partial charge < -0.3 is 24.3 Å². The van der Waals surface area contributed by atoms with Crippen LogP contribution in [0.3, 0.4) is 0 Å². The first kappa shape index (κ1) is 25.9. The number of benzene rings is 2. The number of fused-ring (bicyclic) bond motifs is 1. The highest BCUT2D eigenvalue weighted by Gasteiger charge is 2.45. The number of halogens is 3. The van der Waals surface area contributed by atoms with Gasteiger partial charge in [-0.3, -0.25) is 4.79 Å². The van der Waals surface area contributed by atoms with Crippen LogP contribution in [0.4, 0.5) is 13.2 Å². The zero-order valence-electron chi connectivity index (χ0n) is 21.1. The minimum Gasteiger partial charge on any atom is -0.487 e. The van der Waals surface area contributed by atoms with E-state index in [1.807, 2.05) is 24.3 Å². The number of rotatable bonds is 5. The van der Waals surface area contributed by atoms with E-state index in [9.17, 15) is 18.0 Å². The van der Waals surface area contributed by atoms with Crippen molar-refractivity contribution < 1.29 is 37.4 Å². The quantitative estimate of drug-likeness (QED) is 0.497. The number of alkyl halides is 3. The van der Waals surface area contributed by atoms with E-state index in [1.54, 1.807) is 12.1 Å². The number of nitrogens with zero attached hydrogens (tertiary/aromatic N) is 6. The van der Waals surface area contributed by atoms with Crippen LogP contribution in [0.1, 0.15) is 54.7 Å². The molecule has 1 fully saturated rings. The minimum atomic E-state index is -4.74. The van der Waals surface area contributed by atoms with Crippen LogP contribution in [-0.4, -0.2) is 67.1 Å². The first-order valence-corrected chi connectivity index (χ1v) is 12.8. The van der Waals surface area contributed by atoms with E-state index in [0.717, 1.165) is 27.5 Å². The van der Waals surface area contributed by atoms with Crippen LogP contribution in [0, 0.1) is 0 Å². The maximum atomic E-state index is 12.6. The van der Waals surface area contributed by atoms with Crippen molar-refractivity contribution in [1.82, 2.24) is 25.1 Å². The SMILES string of the molecule is O=C(O)Cn1nnc(C2CC(N3CCC4(CC3)CC(c3ccc(OC(F)(F)F)cc3)c3ccccc3O4)=NO2)n1. The van der Waals surface area contributed by atoms with Gasteiger partial charge in [-0.15, -0.1) is 23.4 Å². The lowest BCUT2D eigenvalue weighted by molar-refractivity contribution is -0.274. The molecule has 3 aliphatic heterocycles. The van der Waals surface area contributed by atoms with Crippen molar-refractivity contribution >= 4 is 11.8 Å². The second-order valence-corrected chi connectivity index (χ2v) is 10.1. The first-order chi connectivity index (χ1) is 19.2. The topological polar surface area (TPSA) is 124 Å². The minimum absolute atomic E-state index is 0.0486. The molecule has 3 aliphatic rings. The van der Waals surface area contributed by atoms with Crippen LogP contribution in [0.15, 0.2) is 53.7 Å². The van der Waals surface area contributed by atoms with E-state index >= 15 is 0 Å². The molecule has 210 valence electrons. The Kier molecular flexibility index (Phi) is 6.47. The van der Waals surface area contributed by atoms with Crippen molar-refractivity contribution in [2.45, 2.75) is 56.2 Å². The number of tetrazole rings is 1. The summed E-state index contributed by atoms with van der Waals surface area (Å²) in [5.41, 5.74) is 1.45. The summed E-state index contributed by atoms with van der Waals surface area (Å²) in [5.74, 6) is 0.430. The van der Waals surface area contributed by atoms with Gasteiger partial charge in [0.25, 0.3) is 0 Å². The highest BCUT2D eigenvalue weighted by molar-refractivity contribution is 5.83. The lowest BCUT2D eigenvalue weighted by Gasteiger charge is -2.47. The van der Waals surface area contributed by atoms with Crippen molar-refractivity contribution in [2.24, 2.45) is 5.16 Å². The maximum Gasteiger partial charge on any atom is 0.573 e. The zero-order valence-corrected chi connectivity index (χ0v) is 21.1. The molecule has 3 aromatic rings. The number of oxime groups is 1. The lowest BCUT2D eigenvalue weighted by Crippen LogP contribution is -2.51. The monoisotopic (exact) mass is 558 g/mol. The van der Waals surface area contributed by atoms with Crippen LogP contribution < -0.4 is 9.47 Å². The van der Waals surface area contributed by atoms with Crippen molar-refractivity contribution in [3.63, 3.8) is 0 Å². The van der Waals surface area contributed by atoms with Crippen molar-refractivity contribution in [3.05, 3.63) is 65.5 Å². The molecule has 6 rings (SSSR count). The summed E-state index contributed by atoms with van der Waals surface area (Å²) in [5, 5.41) is 24.8. The summed E-state index contributed by atoms with van der Waals surface area (Å²) in [6.45, 7) is 0.944. The van der Waals surface area contributed by atoms with E-state index in [2.05, 4.69) is 30.2 Å². The maximum absolute atomic E-state index is 12.6. The average Bonchev–Trinajstić information content (AvgIpc) is 3.58. The van der Waals surface area contributed by atoms with Gasteiger partial charge in [0.15, 0.2) is 12.6 Å². The molecule has 2 atom stereocenters. The molecule has 14 heteroatoms. The lowest BCUT2D eigenvalue weighted by atomic mass is 9.75. The highest BCUT2D eigenvalue weighted by atomic mass is 19.4. The van der Waals surface area contributed by atoms with Crippen LogP contribution in [0.2, 0.25) is 0 Å². The molecule has 4 heterocycles. The second-order valence-electron chi connectivity index (χ2n) is 10.1. The number of likely N-dealkylation sites (tertiary alicyclic amines) is 1. The number of para-hydroxylation sites is 1. The fraction of sp³-hybridized carbons (Fsp3) is 0.423. The van der Waals surface area contributed by atoms with Crippen molar-refractivity contribution in [2.75, 3.05) is 13.1 Å². The Bertz CT molecular complexity index is 1420. The van der Waals surface area contributed by atoms with E-state index in [0.29, 0.717) is 38.8 Å². The van der Waals surface area contributed by atoms with E-state index in [4.69, 9.17) is 14.7 Å². The molecular weight excluding hydrogens is 533 g/mol. The van der Waals surface area contributed by atoms with E-state index in [1.165, 1.54) is 12.1 Å². The zero-order chi connectivity index (χ0) is 27.9. The number of aromatic nitrogens is 4. The molecule has 2 aromatic carbocycles. The Morgan fingerprint density at radius 3 is 2.60 bits per heavy atom. The average molecular weight is 559 g/mol. The molecule has 0 radical (unpaired) electrons. The standard InChI is InChI=1S/C26H25F3N6O5/c27-26(28,29)38-17-7-5-16(6-8-17)19-14-25(39-20-4-2-1-3-18(19)20)9-11-34(12-10-25)22-13-21(40-32-22)24-30-33-35(31-24)15-23(36)37/h1-8,19,21H,9-15H2,(H,36,37). The predicted molar refractivity (Wildman–Crippen MR) is 132 cm³/mol. The molecule has 0 saturated carbocycles. The molecule has 1 aromatic heterocycles. The molecule has 0 aliphatic carbocycles. The Hall–Kier alpha value is -4.36. The molecule has 1 N–H and O–H groups in total. The summed E-state index contributed by atoms with van der Waals surface area (Å²) in [7, 11) is 0. The molecule has 0 bridgehead atoms. The summed E-state index contributed by atoms with van der Waals surface area (Å²) in [4.78, 5) is 19.5. The van der Waals surface area contributed by atoms with Crippen LogP contribution in [-0.2, 0) is 16.2 Å². The van der Waals surface area contributed by atoms with Gasteiger partial charge in [0, 0.05) is 37.4 Å². The Morgan fingerprint density at radius 2 is 1.88 bits per heavy atom. The van der Waals surface area contributed by atoms with Crippen molar-refractivity contribution in [1.29, 1.82) is 0 Å². The van der Waals surface area contributed by atoms with Gasteiger partial charge in [-0.1, -0.05) is 35.5 Å². The fourth-order valence-corrected chi connectivity index (χ4v) is 5.56. The molecule has 40 heavy (non-hydrogen) atoms. The van der Waals surface area contributed by atoms with Crippen LogP contribution in [0.5, 0.6) is 11.5 Å². The Labute approximate surface area is 226 Å². The normalized spacial score (nSPS) is 21.8. The number of carboxylic acids is 1. The number of aliphatic carboxylic acids is 1. The largest absolute Gasteiger partial charge is 0.573 e. The second kappa shape index (κ2) is 9.99. The van der Waals surface area contributed by atoms with E-state index < -0.39 is 30.6 Å². The molecule has 1 saturated heterocycles. The predicted octanol–water partition coefficient (Wildman–Crippen LogP) is 3.88. The fourth-order valence-electron chi connectivity index (χ4n) is 5.56. The number of amidine groups is 1. The van der Waals surface area contributed by atoms with Gasteiger partial charge in [-0.25, -0.2) is 0 Å². The molecule has 1 spiro atoms. The van der Waals surface area contributed by atoms with Crippen LogP contribution >= 0.6 is 0 Å². The summed E-state index contributed by atoms with van der Waals surface area (Å²) < 4.78 is 48.5. The third kappa shape index (κ3) is 5.38. The molecular formula is C26H25F3N6O5.